The molecule has 2 aliphatic rings. The number of aliphatic imine (C=N–C) groups is 1. The number of urea groups is 1. The lowest BCUT2D eigenvalue weighted by molar-refractivity contribution is -0.123. The zero-order valence-electron chi connectivity index (χ0n) is 20.5. The Morgan fingerprint density at radius 3 is 2.24 bits per heavy atom. The van der Waals surface area contributed by atoms with E-state index in [1.54, 1.807) is 47.4 Å². The minimum absolute atomic E-state index is 0.0412. The number of piperazine rings is 1. The molecule has 1 fully saturated rings. The number of amides is 3. The number of hydrogen-bond donors (Lipinski definition) is 1. The summed E-state index contributed by atoms with van der Waals surface area (Å²) in [5.74, 6) is 0.738. The summed E-state index contributed by atoms with van der Waals surface area (Å²) < 4.78 is 5.92. The number of benzene rings is 3. The van der Waals surface area contributed by atoms with Gasteiger partial charge in [0.15, 0.2) is 0 Å². The van der Waals surface area contributed by atoms with Gasteiger partial charge in [-0.05, 0) is 60.5 Å². The molecular formula is C28H25Cl3N4O3. The Hall–Kier alpha value is -3.26. The molecule has 2 aliphatic heterocycles. The number of carbonyl (C=O) groups excluding carboxylic acids is 2. The standard InChI is InChI=1S/C28H25Cl3N4O3/c1-2-38-23-15-21(31)11-12-22(23)27-33-25(17-3-7-19(29)8-4-17)26(18-5-9-20(30)10-6-18)35(27)28(37)34-14-13-32-24(36)16-34/h3-12,15,25-26H,2,13-14,16H2,1H3,(H,32,36). The second-order valence-electron chi connectivity index (χ2n) is 8.94. The summed E-state index contributed by atoms with van der Waals surface area (Å²) in [6.45, 7) is 3.00. The highest BCUT2D eigenvalue weighted by atomic mass is 35.5. The van der Waals surface area contributed by atoms with Crippen LogP contribution in [0.5, 0.6) is 5.75 Å². The van der Waals surface area contributed by atoms with Crippen molar-refractivity contribution in [2.24, 2.45) is 4.99 Å². The number of amidine groups is 1. The molecule has 38 heavy (non-hydrogen) atoms. The first-order chi connectivity index (χ1) is 18.4. The smallest absolute Gasteiger partial charge is 0.326 e. The lowest BCUT2D eigenvalue weighted by Gasteiger charge is -2.35. The quantitative estimate of drug-likeness (QED) is 0.400. The molecule has 5 rings (SSSR count). The highest BCUT2D eigenvalue weighted by Gasteiger charge is 2.45. The van der Waals surface area contributed by atoms with Crippen LogP contribution in [-0.2, 0) is 4.79 Å². The van der Waals surface area contributed by atoms with Crippen molar-refractivity contribution in [3.8, 4) is 5.75 Å². The fourth-order valence-electron chi connectivity index (χ4n) is 4.76. The van der Waals surface area contributed by atoms with Gasteiger partial charge in [-0.15, -0.1) is 0 Å². The summed E-state index contributed by atoms with van der Waals surface area (Å²) in [5, 5.41) is 4.46. The molecule has 0 aliphatic carbocycles. The van der Waals surface area contributed by atoms with Gasteiger partial charge >= 0.3 is 6.03 Å². The second kappa shape index (κ2) is 11.2. The maximum Gasteiger partial charge on any atom is 0.326 e. The molecule has 2 heterocycles. The summed E-state index contributed by atoms with van der Waals surface area (Å²) in [6, 6.07) is 18.7. The van der Waals surface area contributed by atoms with Crippen molar-refractivity contribution in [1.82, 2.24) is 15.1 Å². The molecule has 3 aromatic rings. The second-order valence-corrected chi connectivity index (χ2v) is 10.3. The number of nitrogens with zero attached hydrogens (tertiary/aromatic N) is 3. The average molecular weight is 572 g/mol. The van der Waals surface area contributed by atoms with E-state index in [4.69, 9.17) is 44.5 Å². The minimum atomic E-state index is -0.522. The van der Waals surface area contributed by atoms with Crippen molar-refractivity contribution in [3.63, 3.8) is 0 Å². The summed E-state index contributed by atoms with van der Waals surface area (Å²) in [4.78, 5) is 34.8. The highest BCUT2D eigenvalue weighted by molar-refractivity contribution is 6.31. The van der Waals surface area contributed by atoms with Crippen LogP contribution >= 0.6 is 34.8 Å². The van der Waals surface area contributed by atoms with Gasteiger partial charge in [-0.25, -0.2) is 4.79 Å². The zero-order valence-corrected chi connectivity index (χ0v) is 22.8. The van der Waals surface area contributed by atoms with Gasteiger partial charge in [0.05, 0.1) is 18.2 Å². The predicted octanol–water partition coefficient (Wildman–Crippen LogP) is 6.14. The normalized spacial score (nSPS) is 19.3. The van der Waals surface area contributed by atoms with Crippen molar-refractivity contribution in [2.45, 2.75) is 19.0 Å². The molecule has 0 aromatic heterocycles. The lowest BCUT2D eigenvalue weighted by Crippen LogP contribution is -2.55. The van der Waals surface area contributed by atoms with Crippen LogP contribution in [0.4, 0.5) is 4.79 Å². The van der Waals surface area contributed by atoms with E-state index in [0.717, 1.165) is 11.1 Å². The Balaban J connectivity index is 1.70. The van der Waals surface area contributed by atoms with Crippen LogP contribution in [0.3, 0.4) is 0 Å². The highest BCUT2D eigenvalue weighted by Crippen LogP contribution is 2.45. The van der Waals surface area contributed by atoms with Crippen LogP contribution in [-0.4, -0.2) is 53.8 Å². The molecule has 10 heteroatoms. The van der Waals surface area contributed by atoms with E-state index in [1.165, 1.54) is 4.90 Å². The number of hydrogen-bond acceptors (Lipinski definition) is 4. The van der Waals surface area contributed by atoms with E-state index in [-0.39, 0.29) is 18.5 Å². The van der Waals surface area contributed by atoms with E-state index in [1.807, 2.05) is 31.2 Å². The van der Waals surface area contributed by atoms with Crippen LogP contribution in [0.2, 0.25) is 15.1 Å². The molecule has 7 nitrogen and oxygen atoms in total. The first kappa shape index (κ1) is 26.4. The molecule has 3 amide bonds. The molecule has 2 atom stereocenters. The molecule has 1 N–H and O–H groups in total. The van der Waals surface area contributed by atoms with Crippen LogP contribution in [0.1, 0.15) is 35.7 Å². The maximum atomic E-state index is 14.2. The monoisotopic (exact) mass is 570 g/mol. The van der Waals surface area contributed by atoms with E-state index in [9.17, 15) is 9.59 Å². The first-order valence-corrected chi connectivity index (χ1v) is 13.4. The Bertz CT molecular complexity index is 1380. The first-order valence-electron chi connectivity index (χ1n) is 12.2. The van der Waals surface area contributed by atoms with Gasteiger partial charge in [0.2, 0.25) is 5.91 Å². The fourth-order valence-corrected chi connectivity index (χ4v) is 5.18. The van der Waals surface area contributed by atoms with Gasteiger partial charge in [0.1, 0.15) is 24.2 Å². The summed E-state index contributed by atoms with van der Waals surface area (Å²) in [7, 11) is 0. The predicted molar refractivity (Wildman–Crippen MR) is 149 cm³/mol. The van der Waals surface area contributed by atoms with Gasteiger partial charge in [-0.1, -0.05) is 59.1 Å². The SMILES string of the molecule is CCOc1cc(Cl)ccc1C1=NC(c2ccc(Cl)cc2)C(c2ccc(Cl)cc2)N1C(=O)N1CCNC(=O)C1. The fraction of sp³-hybridized carbons (Fsp3) is 0.250. The van der Waals surface area contributed by atoms with Gasteiger partial charge in [-0.3, -0.25) is 14.7 Å². The molecule has 0 radical (unpaired) electrons. The van der Waals surface area contributed by atoms with Crippen molar-refractivity contribution in [2.75, 3.05) is 26.2 Å². The largest absolute Gasteiger partial charge is 0.493 e. The number of carbonyl (C=O) groups is 2. The van der Waals surface area contributed by atoms with E-state index >= 15 is 0 Å². The van der Waals surface area contributed by atoms with Crippen LogP contribution in [0.15, 0.2) is 71.7 Å². The molecule has 0 saturated carbocycles. The molecule has 0 bridgehead atoms. The van der Waals surface area contributed by atoms with E-state index in [0.29, 0.717) is 51.9 Å². The Morgan fingerprint density at radius 2 is 1.61 bits per heavy atom. The van der Waals surface area contributed by atoms with E-state index < -0.39 is 12.1 Å². The van der Waals surface area contributed by atoms with Gasteiger partial charge < -0.3 is 15.0 Å². The van der Waals surface area contributed by atoms with Crippen molar-refractivity contribution < 1.29 is 14.3 Å². The number of nitrogens with one attached hydrogen (secondary N) is 1. The Morgan fingerprint density at radius 1 is 0.974 bits per heavy atom. The molecule has 2 unspecified atom stereocenters. The zero-order chi connectivity index (χ0) is 26.8. The third-order valence-corrected chi connectivity index (χ3v) is 7.23. The molecule has 0 spiro atoms. The minimum Gasteiger partial charge on any atom is -0.493 e. The van der Waals surface area contributed by atoms with Crippen molar-refractivity contribution >= 4 is 52.6 Å². The third-order valence-electron chi connectivity index (χ3n) is 6.49. The maximum absolute atomic E-state index is 14.2. The lowest BCUT2D eigenvalue weighted by atomic mass is 9.93. The van der Waals surface area contributed by atoms with Crippen LogP contribution in [0, 0.1) is 0 Å². The molecular weight excluding hydrogens is 547 g/mol. The topological polar surface area (TPSA) is 74.2 Å². The van der Waals surface area contributed by atoms with Crippen LogP contribution < -0.4 is 10.1 Å². The van der Waals surface area contributed by atoms with Gasteiger partial charge in [0.25, 0.3) is 0 Å². The third kappa shape index (κ3) is 5.32. The van der Waals surface area contributed by atoms with Crippen LogP contribution in [0.25, 0.3) is 0 Å². The van der Waals surface area contributed by atoms with Gasteiger partial charge in [-0.2, -0.15) is 0 Å². The van der Waals surface area contributed by atoms with Crippen molar-refractivity contribution in [1.29, 1.82) is 0 Å². The molecule has 196 valence electrons. The van der Waals surface area contributed by atoms with Gasteiger partial charge in [0, 0.05) is 28.2 Å². The Kier molecular flexibility index (Phi) is 7.79. The summed E-state index contributed by atoms with van der Waals surface area (Å²) >= 11 is 18.7. The number of rotatable bonds is 5. The summed E-state index contributed by atoms with van der Waals surface area (Å²) in [5.41, 5.74) is 2.35. The summed E-state index contributed by atoms with van der Waals surface area (Å²) in [6.07, 6.45) is 0. The van der Waals surface area contributed by atoms with Crippen molar-refractivity contribution in [3.05, 3.63) is 98.5 Å². The van der Waals surface area contributed by atoms with E-state index in [2.05, 4.69) is 5.32 Å². The molecule has 3 aromatic carbocycles. The Labute approximate surface area is 235 Å². The number of halogens is 3. The number of ether oxygens (including phenoxy) is 1. The molecule has 1 saturated heterocycles. The average Bonchev–Trinajstić information content (AvgIpc) is 3.29.